The van der Waals surface area contributed by atoms with Gasteiger partial charge < -0.3 is 24.8 Å². The van der Waals surface area contributed by atoms with Gasteiger partial charge in [-0.1, -0.05) is 46.3 Å². The fourth-order valence-corrected chi connectivity index (χ4v) is 2.86. The third-order valence-corrected chi connectivity index (χ3v) is 4.17. The molecule has 4 atom stereocenters. The summed E-state index contributed by atoms with van der Waals surface area (Å²) in [5.41, 5.74) is 1.65. The number of aliphatic hydroxyl groups excluding tert-OH is 3. The number of aliphatic hydroxyl groups is 3. The monoisotopic (exact) mass is 372 g/mol. The molecule has 1 aliphatic rings. The van der Waals surface area contributed by atoms with Crippen molar-refractivity contribution in [1.82, 2.24) is 0 Å². The molecule has 0 radical (unpaired) electrons. The SMILES string of the molecule is OCC1O[C@H](OCCCc2ccccc2)/C(=C\Br)C(O)[C@@H]1O. The van der Waals surface area contributed by atoms with E-state index in [1.54, 1.807) is 0 Å². The Bertz CT molecular complexity index is 479. The summed E-state index contributed by atoms with van der Waals surface area (Å²) >= 11 is 3.15. The molecule has 1 saturated heterocycles. The Morgan fingerprint density at radius 3 is 2.59 bits per heavy atom. The molecule has 122 valence electrons. The van der Waals surface area contributed by atoms with Gasteiger partial charge in [0.15, 0.2) is 6.29 Å². The van der Waals surface area contributed by atoms with Crippen LogP contribution >= 0.6 is 15.9 Å². The van der Waals surface area contributed by atoms with Crippen LogP contribution in [0.25, 0.3) is 0 Å². The third kappa shape index (κ3) is 4.38. The fraction of sp³-hybridized carbons (Fsp3) is 0.500. The number of halogens is 1. The third-order valence-electron chi connectivity index (χ3n) is 3.64. The Labute approximate surface area is 138 Å². The normalized spacial score (nSPS) is 30.6. The molecule has 1 fully saturated rings. The van der Waals surface area contributed by atoms with E-state index in [1.165, 1.54) is 10.5 Å². The first kappa shape index (κ1) is 17.6. The van der Waals surface area contributed by atoms with Crippen LogP contribution in [0.15, 0.2) is 40.9 Å². The highest BCUT2D eigenvalue weighted by molar-refractivity contribution is 9.11. The van der Waals surface area contributed by atoms with Crippen molar-refractivity contribution in [3.05, 3.63) is 46.5 Å². The van der Waals surface area contributed by atoms with Gasteiger partial charge in [-0.05, 0) is 23.4 Å². The Morgan fingerprint density at radius 2 is 1.95 bits per heavy atom. The summed E-state index contributed by atoms with van der Waals surface area (Å²) in [6, 6.07) is 10.1. The predicted molar refractivity (Wildman–Crippen MR) is 85.5 cm³/mol. The molecule has 1 aliphatic heterocycles. The van der Waals surface area contributed by atoms with Gasteiger partial charge in [-0.2, -0.15) is 0 Å². The van der Waals surface area contributed by atoms with Crippen molar-refractivity contribution in [1.29, 1.82) is 0 Å². The minimum Gasteiger partial charge on any atom is -0.394 e. The van der Waals surface area contributed by atoms with Crippen LogP contribution in [0.3, 0.4) is 0 Å². The largest absolute Gasteiger partial charge is 0.394 e. The molecule has 1 aromatic carbocycles. The van der Waals surface area contributed by atoms with Crippen LogP contribution in [-0.4, -0.2) is 53.1 Å². The first-order valence-corrected chi connectivity index (χ1v) is 8.17. The topological polar surface area (TPSA) is 79.2 Å². The molecule has 0 aliphatic carbocycles. The highest BCUT2D eigenvalue weighted by Gasteiger charge is 2.40. The van der Waals surface area contributed by atoms with Crippen LogP contribution in [0.1, 0.15) is 12.0 Å². The maximum atomic E-state index is 10.0. The lowest BCUT2D eigenvalue weighted by atomic mass is 9.98. The summed E-state index contributed by atoms with van der Waals surface area (Å²) in [6.07, 6.45) is -2.23. The molecule has 6 heteroatoms. The van der Waals surface area contributed by atoms with E-state index in [0.29, 0.717) is 12.2 Å². The van der Waals surface area contributed by atoms with Gasteiger partial charge in [-0.3, -0.25) is 0 Å². The molecule has 1 aromatic rings. The van der Waals surface area contributed by atoms with Crippen LogP contribution in [-0.2, 0) is 15.9 Å². The summed E-state index contributed by atoms with van der Waals surface area (Å²) in [4.78, 5) is 1.50. The molecule has 2 rings (SSSR count). The van der Waals surface area contributed by atoms with E-state index in [4.69, 9.17) is 9.47 Å². The second kappa shape index (κ2) is 8.76. The van der Waals surface area contributed by atoms with E-state index in [0.717, 1.165) is 12.8 Å². The highest BCUT2D eigenvalue weighted by atomic mass is 79.9. The van der Waals surface area contributed by atoms with E-state index in [2.05, 4.69) is 28.1 Å². The maximum absolute atomic E-state index is 10.0. The number of aryl methyl sites for hydroxylation is 1. The zero-order valence-corrected chi connectivity index (χ0v) is 13.7. The number of benzene rings is 1. The average molecular weight is 373 g/mol. The van der Waals surface area contributed by atoms with Crippen LogP contribution in [0.2, 0.25) is 0 Å². The van der Waals surface area contributed by atoms with Crippen molar-refractivity contribution in [2.75, 3.05) is 13.2 Å². The smallest absolute Gasteiger partial charge is 0.183 e. The molecular formula is C16H21BrO5. The minimum atomic E-state index is -1.17. The summed E-state index contributed by atoms with van der Waals surface area (Å²) < 4.78 is 11.1. The fourth-order valence-electron chi connectivity index (χ4n) is 2.37. The number of rotatable bonds is 6. The molecule has 5 nitrogen and oxygen atoms in total. The molecule has 0 bridgehead atoms. The van der Waals surface area contributed by atoms with Crippen LogP contribution in [0.5, 0.6) is 0 Å². The first-order chi connectivity index (χ1) is 10.7. The van der Waals surface area contributed by atoms with Crippen molar-refractivity contribution in [3.63, 3.8) is 0 Å². The van der Waals surface area contributed by atoms with Crippen LogP contribution in [0.4, 0.5) is 0 Å². The molecule has 0 spiro atoms. The summed E-state index contributed by atoms with van der Waals surface area (Å²) in [7, 11) is 0. The van der Waals surface area contributed by atoms with E-state index < -0.39 is 24.6 Å². The van der Waals surface area contributed by atoms with Gasteiger partial charge in [-0.15, -0.1) is 0 Å². The van der Waals surface area contributed by atoms with E-state index in [-0.39, 0.29) is 6.61 Å². The molecule has 0 aromatic heterocycles. The molecule has 2 unspecified atom stereocenters. The zero-order chi connectivity index (χ0) is 15.9. The zero-order valence-electron chi connectivity index (χ0n) is 12.1. The summed E-state index contributed by atoms with van der Waals surface area (Å²) in [6.45, 7) is 0.0720. The molecule has 0 saturated carbocycles. The lowest BCUT2D eigenvalue weighted by molar-refractivity contribution is -0.225. The van der Waals surface area contributed by atoms with Crippen molar-refractivity contribution >= 4 is 15.9 Å². The Hall–Kier alpha value is -0.760. The highest BCUT2D eigenvalue weighted by Crippen LogP contribution is 2.27. The van der Waals surface area contributed by atoms with Gasteiger partial charge in [-0.25, -0.2) is 0 Å². The quantitative estimate of drug-likeness (QED) is 0.657. The Kier molecular flexibility index (Phi) is 7.01. The van der Waals surface area contributed by atoms with Crippen molar-refractivity contribution in [2.45, 2.75) is 37.4 Å². The molecule has 3 N–H and O–H groups in total. The van der Waals surface area contributed by atoms with Crippen LogP contribution in [0, 0.1) is 0 Å². The Morgan fingerprint density at radius 1 is 1.23 bits per heavy atom. The van der Waals surface area contributed by atoms with Gasteiger partial charge in [0.05, 0.1) is 13.2 Å². The van der Waals surface area contributed by atoms with E-state index in [1.807, 2.05) is 18.2 Å². The molecular weight excluding hydrogens is 352 g/mol. The lowest BCUT2D eigenvalue weighted by Crippen LogP contribution is -2.52. The lowest BCUT2D eigenvalue weighted by Gasteiger charge is -2.38. The van der Waals surface area contributed by atoms with Crippen molar-refractivity contribution in [2.24, 2.45) is 0 Å². The second-order valence-electron chi connectivity index (χ2n) is 5.19. The average Bonchev–Trinajstić information content (AvgIpc) is 2.55. The number of hydrogen-bond donors (Lipinski definition) is 3. The Balaban J connectivity index is 1.85. The minimum absolute atomic E-state index is 0.377. The van der Waals surface area contributed by atoms with Crippen molar-refractivity contribution in [3.8, 4) is 0 Å². The predicted octanol–water partition coefficient (Wildman–Crippen LogP) is 1.35. The number of hydrogen-bond acceptors (Lipinski definition) is 5. The van der Waals surface area contributed by atoms with Gasteiger partial charge >= 0.3 is 0 Å². The van der Waals surface area contributed by atoms with Crippen LogP contribution < -0.4 is 0 Å². The first-order valence-electron chi connectivity index (χ1n) is 7.25. The molecule has 22 heavy (non-hydrogen) atoms. The van der Waals surface area contributed by atoms with Gasteiger partial charge in [0, 0.05) is 5.57 Å². The standard InChI is InChI=1S/C16H21BrO5/c17-9-12-14(19)15(20)13(10-18)22-16(12)21-8-4-7-11-5-2-1-3-6-11/h1-3,5-6,9,13-16,18-20H,4,7-8,10H2/b12-9-/t13?,14?,15-,16+/m1/s1. The maximum Gasteiger partial charge on any atom is 0.183 e. The van der Waals surface area contributed by atoms with Crippen molar-refractivity contribution < 1.29 is 24.8 Å². The second-order valence-corrected chi connectivity index (χ2v) is 5.65. The summed E-state index contributed by atoms with van der Waals surface area (Å²) in [5, 5.41) is 29.0. The van der Waals surface area contributed by atoms with Gasteiger partial charge in [0.1, 0.15) is 18.3 Å². The van der Waals surface area contributed by atoms with E-state index >= 15 is 0 Å². The van der Waals surface area contributed by atoms with E-state index in [9.17, 15) is 15.3 Å². The molecule has 0 amide bonds. The molecule has 1 heterocycles. The van der Waals surface area contributed by atoms with Gasteiger partial charge in [0.25, 0.3) is 0 Å². The number of ether oxygens (including phenoxy) is 2. The van der Waals surface area contributed by atoms with Gasteiger partial charge in [0.2, 0.25) is 0 Å². The summed E-state index contributed by atoms with van der Waals surface area (Å²) in [5.74, 6) is 0.